The molecule has 0 fully saturated rings. The molecule has 4 heteroatoms. The van der Waals surface area contributed by atoms with Crippen LogP contribution in [0.4, 0.5) is 4.79 Å². The molecule has 1 amide bonds. The molecule has 2 aliphatic carbocycles. The van der Waals surface area contributed by atoms with Crippen LogP contribution in [0.2, 0.25) is 0 Å². The molecule has 2 rings (SSSR count). The molecule has 0 saturated carbocycles. The van der Waals surface area contributed by atoms with Gasteiger partial charge < -0.3 is 4.74 Å². The van der Waals surface area contributed by atoms with Gasteiger partial charge in [0.2, 0.25) is 0 Å². The molecule has 1 N–H and O–H groups in total. The Morgan fingerprint density at radius 3 is 2.68 bits per heavy atom. The number of amides is 1. The number of ketones is 1. The van der Waals surface area contributed by atoms with Gasteiger partial charge in [-0.3, -0.25) is 10.1 Å². The van der Waals surface area contributed by atoms with Crippen molar-refractivity contribution in [1.29, 1.82) is 0 Å². The van der Waals surface area contributed by atoms with E-state index >= 15 is 0 Å². The van der Waals surface area contributed by atoms with E-state index < -0.39 is 11.7 Å². The zero-order valence-electron chi connectivity index (χ0n) is 11.6. The number of alkyl carbamates (subject to hydrolysis) is 1. The minimum absolute atomic E-state index is 0.193. The number of rotatable bonds is 1. The third-order valence-electron chi connectivity index (χ3n) is 2.98. The standard InChI is InChI=1S/C15H19NO3/c1-15(2,3)19-14(18)16-11-6-4-10-5-9-13(17)12(10)8-7-11/h6-8H,4-5,9H2,1-3H3,(H,16,18). The molecular weight excluding hydrogens is 242 g/mol. The maximum atomic E-state index is 11.7. The summed E-state index contributed by atoms with van der Waals surface area (Å²) in [5.41, 5.74) is 2.12. The molecule has 0 aromatic heterocycles. The minimum atomic E-state index is -0.519. The second-order valence-corrected chi connectivity index (χ2v) is 5.76. The first-order valence-corrected chi connectivity index (χ1v) is 6.48. The first-order chi connectivity index (χ1) is 8.85. The Labute approximate surface area is 113 Å². The van der Waals surface area contributed by atoms with Gasteiger partial charge in [0.05, 0.1) is 0 Å². The fraction of sp³-hybridized carbons (Fsp3) is 0.467. The molecule has 0 atom stereocenters. The fourth-order valence-corrected chi connectivity index (χ4v) is 2.14. The number of hydrogen-bond acceptors (Lipinski definition) is 3. The molecule has 0 aliphatic heterocycles. The smallest absolute Gasteiger partial charge is 0.412 e. The predicted octanol–water partition coefficient (Wildman–Crippen LogP) is 3.01. The van der Waals surface area contributed by atoms with Gasteiger partial charge in [0.15, 0.2) is 5.78 Å². The summed E-state index contributed by atoms with van der Waals surface area (Å²) in [5, 5.41) is 2.69. The molecule has 0 spiro atoms. The van der Waals surface area contributed by atoms with E-state index in [0.717, 1.165) is 17.6 Å². The predicted molar refractivity (Wildman–Crippen MR) is 72.5 cm³/mol. The molecular formula is C15H19NO3. The number of nitrogens with one attached hydrogen (secondary N) is 1. The van der Waals surface area contributed by atoms with Gasteiger partial charge in [-0.1, -0.05) is 11.6 Å². The average Bonchev–Trinajstić information content (AvgIpc) is 2.50. The molecule has 102 valence electrons. The monoisotopic (exact) mass is 261 g/mol. The van der Waals surface area contributed by atoms with Crippen LogP contribution in [0.3, 0.4) is 0 Å². The second kappa shape index (κ2) is 5.03. The molecule has 0 saturated heterocycles. The van der Waals surface area contributed by atoms with E-state index in [4.69, 9.17) is 4.74 Å². The number of carbonyl (C=O) groups excluding carboxylic acids is 2. The van der Waals surface area contributed by atoms with E-state index in [1.165, 1.54) is 0 Å². The van der Waals surface area contributed by atoms with Crippen LogP contribution in [0.15, 0.2) is 35.1 Å². The molecule has 19 heavy (non-hydrogen) atoms. The highest BCUT2D eigenvalue weighted by Crippen LogP contribution is 2.29. The summed E-state index contributed by atoms with van der Waals surface area (Å²) in [4.78, 5) is 23.3. The Bertz CT molecular complexity index is 504. The maximum Gasteiger partial charge on any atom is 0.412 e. The van der Waals surface area contributed by atoms with Gasteiger partial charge in [-0.2, -0.15) is 0 Å². The van der Waals surface area contributed by atoms with Crippen molar-refractivity contribution in [2.24, 2.45) is 0 Å². The van der Waals surface area contributed by atoms with Crippen molar-refractivity contribution < 1.29 is 14.3 Å². The lowest BCUT2D eigenvalue weighted by molar-refractivity contribution is -0.114. The Morgan fingerprint density at radius 1 is 1.26 bits per heavy atom. The van der Waals surface area contributed by atoms with Crippen molar-refractivity contribution in [2.45, 2.75) is 45.6 Å². The molecule has 0 unspecified atom stereocenters. The quantitative estimate of drug-likeness (QED) is 0.789. The first-order valence-electron chi connectivity index (χ1n) is 6.48. The van der Waals surface area contributed by atoms with Crippen LogP contribution in [0, 0.1) is 0 Å². The summed E-state index contributed by atoms with van der Waals surface area (Å²) in [6.45, 7) is 5.45. The van der Waals surface area contributed by atoms with Crippen LogP contribution >= 0.6 is 0 Å². The number of Topliss-reactive ketones (excluding diaryl/α,β-unsaturated/α-hetero) is 1. The summed E-state index contributed by atoms with van der Waals surface area (Å²) in [7, 11) is 0. The summed E-state index contributed by atoms with van der Waals surface area (Å²) in [6.07, 6.45) is 7.14. The van der Waals surface area contributed by atoms with Crippen molar-refractivity contribution in [3.63, 3.8) is 0 Å². The van der Waals surface area contributed by atoms with Gasteiger partial charge in [0, 0.05) is 17.7 Å². The normalized spacial score (nSPS) is 18.9. The van der Waals surface area contributed by atoms with Crippen molar-refractivity contribution in [2.75, 3.05) is 0 Å². The maximum absolute atomic E-state index is 11.7. The van der Waals surface area contributed by atoms with Crippen LogP contribution in [-0.4, -0.2) is 17.5 Å². The topological polar surface area (TPSA) is 55.4 Å². The summed E-state index contributed by atoms with van der Waals surface area (Å²) in [6, 6.07) is 0. The fourth-order valence-electron chi connectivity index (χ4n) is 2.14. The van der Waals surface area contributed by atoms with Crippen LogP contribution < -0.4 is 5.32 Å². The van der Waals surface area contributed by atoms with E-state index in [1.54, 1.807) is 12.2 Å². The van der Waals surface area contributed by atoms with Crippen LogP contribution in [0.25, 0.3) is 0 Å². The zero-order chi connectivity index (χ0) is 14.0. The van der Waals surface area contributed by atoms with Gasteiger partial charge in [0.1, 0.15) is 5.60 Å². The van der Waals surface area contributed by atoms with Crippen molar-refractivity contribution in [1.82, 2.24) is 5.32 Å². The van der Waals surface area contributed by atoms with Gasteiger partial charge >= 0.3 is 6.09 Å². The van der Waals surface area contributed by atoms with Gasteiger partial charge in [-0.15, -0.1) is 0 Å². The lowest BCUT2D eigenvalue weighted by Gasteiger charge is -2.19. The molecule has 2 aliphatic rings. The number of ether oxygens (including phenoxy) is 1. The highest BCUT2D eigenvalue weighted by Gasteiger charge is 2.22. The average molecular weight is 261 g/mol. The van der Waals surface area contributed by atoms with E-state index in [2.05, 4.69) is 5.32 Å². The third-order valence-corrected chi connectivity index (χ3v) is 2.98. The lowest BCUT2D eigenvalue weighted by Crippen LogP contribution is -2.31. The summed E-state index contributed by atoms with van der Waals surface area (Å²) < 4.78 is 5.19. The van der Waals surface area contributed by atoms with Gasteiger partial charge in [-0.25, -0.2) is 4.79 Å². The Kier molecular flexibility index (Phi) is 3.60. The number of allylic oxidation sites excluding steroid dienone is 5. The zero-order valence-corrected chi connectivity index (χ0v) is 11.6. The number of hydrogen-bond donors (Lipinski definition) is 1. The second-order valence-electron chi connectivity index (χ2n) is 5.76. The van der Waals surface area contributed by atoms with E-state index in [9.17, 15) is 9.59 Å². The van der Waals surface area contributed by atoms with E-state index in [0.29, 0.717) is 18.5 Å². The minimum Gasteiger partial charge on any atom is -0.444 e. The highest BCUT2D eigenvalue weighted by molar-refractivity contribution is 6.01. The summed E-state index contributed by atoms with van der Waals surface area (Å²) in [5.74, 6) is 0.193. The van der Waals surface area contributed by atoms with Crippen LogP contribution in [0.5, 0.6) is 0 Å². The Balaban J connectivity index is 2.00. The SMILES string of the molecule is CC(C)(C)OC(=O)NC1=CCC2=C(C=C1)C(=O)CC2. The van der Waals surface area contributed by atoms with E-state index in [1.807, 2.05) is 26.8 Å². The lowest BCUT2D eigenvalue weighted by atomic mass is 10.1. The van der Waals surface area contributed by atoms with Crippen molar-refractivity contribution in [3.05, 3.63) is 35.1 Å². The molecule has 0 heterocycles. The van der Waals surface area contributed by atoms with E-state index in [-0.39, 0.29) is 5.78 Å². The van der Waals surface area contributed by atoms with Crippen molar-refractivity contribution >= 4 is 11.9 Å². The Morgan fingerprint density at radius 2 is 2.00 bits per heavy atom. The van der Waals surface area contributed by atoms with Crippen LogP contribution in [-0.2, 0) is 9.53 Å². The largest absolute Gasteiger partial charge is 0.444 e. The Hall–Kier alpha value is -1.84. The third kappa shape index (κ3) is 3.56. The number of carbonyl (C=O) groups is 2. The highest BCUT2D eigenvalue weighted by atomic mass is 16.6. The summed E-state index contributed by atoms with van der Waals surface area (Å²) >= 11 is 0. The first kappa shape index (κ1) is 13.6. The molecule has 0 aromatic carbocycles. The molecule has 0 aromatic rings. The molecule has 0 bridgehead atoms. The van der Waals surface area contributed by atoms with Crippen molar-refractivity contribution in [3.8, 4) is 0 Å². The van der Waals surface area contributed by atoms with Gasteiger partial charge in [0.25, 0.3) is 0 Å². The molecule has 0 radical (unpaired) electrons. The van der Waals surface area contributed by atoms with Crippen LogP contribution in [0.1, 0.15) is 40.0 Å². The van der Waals surface area contributed by atoms with Gasteiger partial charge in [-0.05, 0) is 45.8 Å². The molecule has 4 nitrogen and oxygen atoms in total.